The highest BCUT2D eigenvalue weighted by molar-refractivity contribution is 5.83. The van der Waals surface area contributed by atoms with Gasteiger partial charge in [-0.05, 0) is 25.2 Å². The van der Waals surface area contributed by atoms with Crippen molar-refractivity contribution in [1.82, 2.24) is 5.32 Å². The van der Waals surface area contributed by atoms with Gasteiger partial charge in [-0.25, -0.2) is 0 Å². The van der Waals surface area contributed by atoms with E-state index in [0.717, 1.165) is 28.9 Å². The van der Waals surface area contributed by atoms with Crippen LogP contribution in [0, 0.1) is 0 Å². The van der Waals surface area contributed by atoms with E-state index in [2.05, 4.69) is 18.3 Å². The number of nitrogens with one attached hydrogen (secondary N) is 1. The van der Waals surface area contributed by atoms with E-state index >= 15 is 0 Å². The van der Waals surface area contributed by atoms with E-state index in [9.17, 15) is 0 Å². The zero-order valence-electron chi connectivity index (χ0n) is 11.1. The molecule has 1 aromatic carbocycles. The average molecular weight is 255 g/mol. The molecule has 0 aliphatic heterocycles. The molecule has 98 valence electrons. The normalized spacial score (nSPS) is 12.9. The van der Waals surface area contributed by atoms with Gasteiger partial charge >= 0.3 is 0 Å². The van der Waals surface area contributed by atoms with Crippen molar-refractivity contribution in [3.63, 3.8) is 0 Å². The second kappa shape index (κ2) is 4.94. The first-order chi connectivity index (χ1) is 9.35. The van der Waals surface area contributed by atoms with Crippen molar-refractivity contribution in [2.45, 2.75) is 19.4 Å². The molecule has 0 fully saturated rings. The Morgan fingerprint density at radius 2 is 2.00 bits per heavy atom. The zero-order valence-corrected chi connectivity index (χ0v) is 11.1. The molecule has 19 heavy (non-hydrogen) atoms. The third-order valence-corrected chi connectivity index (χ3v) is 3.44. The maximum absolute atomic E-state index is 5.95. The molecule has 0 amide bonds. The van der Waals surface area contributed by atoms with E-state index in [4.69, 9.17) is 8.83 Å². The summed E-state index contributed by atoms with van der Waals surface area (Å²) in [7, 11) is 1.94. The lowest BCUT2D eigenvalue weighted by Crippen LogP contribution is -2.17. The number of hydrogen-bond acceptors (Lipinski definition) is 3. The van der Waals surface area contributed by atoms with Crippen molar-refractivity contribution < 1.29 is 8.83 Å². The molecular weight excluding hydrogens is 238 g/mol. The van der Waals surface area contributed by atoms with Gasteiger partial charge in [-0.15, -0.1) is 0 Å². The second-order valence-corrected chi connectivity index (χ2v) is 4.53. The summed E-state index contributed by atoms with van der Waals surface area (Å²) in [6.45, 7) is 2.11. The molecule has 0 bridgehead atoms. The van der Waals surface area contributed by atoms with Crippen LogP contribution in [-0.2, 0) is 6.42 Å². The van der Waals surface area contributed by atoms with Crippen LogP contribution in [0.25, 0.3) is 11.0 Å². The SMILES string of the molecule is CCc1oc2ccccc2c1C(NC)c1ccco1. The Hall–Kier alpha value is -2.00. The molecule has 0 saturated heterocycles. The van der Waals surface area contributed by atoms with Gasteiger partial charge in [-0.1, -0.05) is 25.1 Å². The molecule has 1 N–H and O–H groups in total. The summed E-state index contributed by atoms with van der Waals surface area (Å²) >= 11 is 0. The van der Waals surface area contributed by atoms with Gasteiger partial charge in [-0.3, -0.25) is 0 Å². The highest BCUT2D eigenvalue weighted by Gasteiger charge is 2.23. The van der Waals surface area contributed by atoms with Gasteiger partial charge in [0, 0.05) is 17.4 Å². The Labute approximate surface area is 112 Å². The number of aryl methyl sites for hydroxylation is 1. The van der Waals surface area contributed by atoms with Crippen LogP contribution in [0.1, 0.15) is 30.0 Å². The molecule has 3 heteroatoms. The minimum atomic E-state index is 0.0219. The summed E-state index contributed by atoms with van der Waals surface area (Å²) in [6, 6.07) is 12.1. The van der Waals surface area contributed by atoms with E-state index in [1.165, 1.54) is 5.56 Å². The average Bonchev–Trinajstić information content (AvgIpc) is 3.08. The maximum atomic E-state index is 5.95. The molecule has 3 rings (SSSR count). The minimum absolute atomic E-state index is 0.0219. The Morgan fingerprint density at radius 1 is 1.16 bits per heavy atom. The smallest absolute Gasteiger partial charge is 0.134 e. The first-order valence-corrected chi connectivity index (χ1v) is 6.56. The number of para-hydroxylation sites is 1. The number of benzene rings is 1. The van der Waals surface area contributed by atoms with Crippen LogP contribution in [0.3, 0.4) is 0 Å². The molecule has 2 aromatic heterocycles. The van der Waals surface area contributed by atoms with Crippen molar-refractivity contribution >= 4 is 11.0 Å². The van der Waals surface area contributed by atoms with Crippen molar-refractivity contribution in [3.8, 4) is 0 Å². The third kappa shape index (κ3) is 1.96. The van der Waals surface area contributed by atoms with E-state index in [0.29, 0.717) is 0 Å². The molecule has 3 nitrogen and oxygen atoms in total. The predicted molar refractivity (Wildman–Crippen MR) is 75.2 cm³/mol. The topological polar surface area (TPSA) is 38.3 Å². The Bertz CT molecular complexity index is 667. The van der Waals surface area contributed by atoms with Crippen molar-refractivity contribution in [2.75, 3.05) is 7.05 Å². The molecule has 1 unspecified atom stereocenters. The highest BCUT2D eigenvalue weighted by Crippen LogP contribution is 2.34. The number of fused-ring (bicyclic) bond motifs is 1. The number of furan rings is 2. The lowest BCUT2D eigenvalue weighted by atomic mass is 10.00. The molecule has 0 saturated carbocycles. The molecular formula is C16H17NO2. The van der Waals surface area contributed by atoms with Crippen LogP contribution >= 0.6 is 0 Å². The Kier molecular flexibility index (Phi) is 3.13. The van der Waals surface area contributed by atoms with Gasteiger partial charge in [0.1, 0.15) is 17.1 Å². The van der Waals surface area contributed by atoms with Gasteiger partial charge in [0.05, 0.1) is 12.3 Å². The van der Waals surface area contributed by atoms with Gasteiger partial charge in [0.15, 0.2) is 0 Å². The Balaban J connectivity index is 2.22. The maximum Gasteiger partial charge on any atom is 0.134 e. The molecule has 1 atom stereocenters. The van der Waals surface area contributed by atoms with Crippen molar-refractivity contribution in [3.05, 3.63) is 59.7 Å². The van der Waals surface area contributed by atoms with Crippen LogP contribution in [0.5, 0.6) is 0 Å². The summed E-state index contributed by atoms with van der Waals surface area (Å²) < 4.78 is 11.5. The van der Waals surface area contributed by atoms with Gasteiger partial charge in [0.2, 0.25) is 0 Å². The molecule has 0 aliphatic carbocycles. The number of rotatable bonds is 4. The van der Waals surface area contributed by atoms with Crippen LogP contribution < -0.4 is 5.32 Å². The first-order valence-electron chi connectivity index (χ1n) is 6.56. The fourth-order valence-electron chi connectivity index (χ4n) is 2.58. The zero-order chi connectivity index (χ0) is 13.2. The minimum Gasteiger partial charge on any atom is -0.467 e. The second-order valence-electron chi connectivity index (χ2n) is 4.53. The quantitative estimate of drug-likeness (QED) is 0.768. The predicted octanol–water partition coefficient (Wildman–Crippen LogP) is 3.90. The highest BCUT2D eigenvalue weighted by atomic mass is 16.3. The standard InChI is InChI=1S/C16H17NO2/c1-3-12-15(11-7-4-5-8-13(11)19-12)16(17-2)14-9-6-10-18-14/h4-10,16-17H,3H2,1-2H3. The molecule has 2 heterocycles. The monoisotopic (exact) mass is 255 g/mol. The fraction of sp³-hybridized carbons (Fsp3) is 0.250. The molecule has 0 radical (unpaired) electrons. The van der Waals surface area contributed by atoms with E-state index in [1.54, 1.807) is 6.26 Å². The summed E-state index contributed by atoms with van der Waals surface area (Å²) in [5, 5.41) is 4.47. The van der Waals surface area contributed by atoms with Crippen molar-refractivity contribution in [1.29, 1.82) is 0 Å². The molecule has 0 spiro atoms. The molecule has 3 aromatic rings. The summed E-state index contributed by atoms with van der Waals surface area (Å²) in [5.74, 6) is 1.92. The number of hydrogen-bond donors (Lipinski definition) is 1. The lowest BCUT2D eigenvalue weighted by molar-refractivity contribution is 0.455. The summed E-state index contributed by atoms with van der Waals surface area (Å²) in [5.41, 5.74) is 2.11. The van der Waals surface area contributed by atoms with Crippen molar-refractivity contribution in [2.24, 2.45) is 0 Å². The van der Waals surface area contributed by atoms with Gasteiger partial charge < -0.3 is 14.2 Å². The van der Waals surface area contributed by atoms with Crippen LogP contribution in [0.2, 0.25) is 0 Å². The largest absolute Gasteiger partial charge is 0.467 e. The fourth-order valence-corrected chi connectivity index (χ4v) is 2.58. The Morgan fingerprint density at radius 3 is 2.68 bits per heavy atom. The summed E-state index contributed by atoms with van der Waals surface area (Å²) in [4.78, 5) is 0. The van der Waals surface area contributed by atoms with Gasteiger partial charge in [0.25, 0.3) is 0 Å². The van der Waals surface area contributed by atoms with Crippen LogP contribution in [-0.4, -0.2) is 7.05 Å². The summed E-state index contributed by atoms with van der Waals surface area (Å²) in [6.07, 6.45) is 2.57. The lowest BCUT2D eigenvalue weighted by Gasteiger charge is -2.14. The van der Waals surface area contributed by atoms with Crippen LogP contribution in [0.15, 0.2) is 51.5 Å². The molecule has 0 aliphatic rings. The third-order valence-electron chi connectivity index (χ3n) is 3.44. The van der Waals surface area contributed by atoms with E-state index in [1.807, 2.05) is 37.4 Å². The first kappa shape index (κ1) is 12.1. The van der Waals surface area contributed by atoms with Crippen LogP contribution in [0.4, 0.5) is 0 Å². The van der Waals surface area contributed by atoms with Gasteiger partial charge in [-0.2, -0.15) is 0 Å². The van der Waals surface area contributed by atoms with E-state index in [-0.39, 0.29) is 6.04 Å². The van der Waals surface area contributed by atoms with E-state index < -0.39 is 0 Å².